The zero-order valence-corrected chi connectivity index (χ0v) is 46.2. The van der Waals surface area contributed by atoms with Gasteiger partial charge in [0.05, 0.1) is 33.8 Å². The van der Waals surface area contributed by atoms with Gasteiger partial charge in [-0.3, -0.25) is 18.6 Å². The number of ether oxygens (including phenoxy) is 1. The summed E-state index contributed by atoms with van der Waals surface area (Å²) in [5.41, 5.74) is 0. The number of amides is 1. The minimum absolute atomic E-state index is 0.0281. The van der Waals surface area contributed by atoms with Gasteiger partial charge in [-0.1, -0.05) is 202 Å². The second kappa shape index (κ2) is 48.8. The van der Waals surface area contributed by atoms with Crippen molar-refractivity contribution in [3.05, 3.63) is 85.1 Å². The van der Waals surface area contributed by atoms with E-state index < -0.39 is 20.0 Å². The van der Waals surface area contributed by atoms with Gasteiger partial charge >= 0.3 is 13.8 Å². The Hall–Kier alpha value is -2.81. The highest BCUT2D eigenvalue weighted by atomic mass is 31.2. The maximum absolute atomic E-state index is 13.5. The quantitative estimate of drug-likeness (QED) is 0.0156. The fraction of sp³-hybridized carbons (Fsp3) is 0.729. The minimum atomic E-state index is -4.46. The van der Waals surface area contributed by atoms with Crippen molar-refractivity contribution in [3.8, 4) is 0 Å². The van der Waals surface area contributed by atoms with Crippen LogP contribution in [0.3, 0.4) is 0 Å². The Morgan fingerprint density at radius 3 is 1.52 bits per heavy atom. The van der Waals surface area contributed by atoms with Crippen molar-refractivity contribution in [2.45, 2.75) is 238 Å². The summed E-state index contributed by atoms with van der Waals surface area (Å²) in [6, 6.07) is -0.872. The van der Waals surface area contributed by atoms with Crippen LogP contribution >= 0.6 is 7.82 Å². The number of rotatable bonds is 49. The Morgan fingerprint density at radius 2 is 0.971 bits per heavy atom. The lowest BCUT2D eigenvalue weighted by Gasteiger charge is -2.27. The molecule has 0 fully saturated rings. The van der Waals surface area contributed by atoms with Gasteiger partial charge in [0.25, 0.3) is 0 Å². The van der Waals surface area contributed by atoms with Gasteiger partial charge in [0, 0.05) is 12.8 Å². The predicted octanol–water partition coefficient (Wildman–Crippen LogP) is 16.7. The van der Waals surface area contributed by atoms with Crippen molar-refractivity contribution in [2.75, 3.05) is 40.9 Å². The largest absolute Gasteiger partial charge is 0.472 e. The monoisotopic (exact) mass is 986 g/mol. The second-order valence-corrected chi connectivity index (χ2v) is 21.2. The van der Waals surface area contributed by atoms with E-state index in [4.69, 9.17) is 13.8 Å². The smallest absolute Gasteiger partial charge is 0.456 e. The lowest BCUT2D eigenvalue weighted by atomic mass is 10.0. The molecule has 3 atom stereocenters. The zero-order chi connectivity index (χ0) is 50.8. The number of unbranched alkanes of at least 4 members (excludes halogenated alkanes) is 22. The number of hydrogen-bond acceptors (Lipinski definition) is 6. The number of phosphoric acid groups is 1. The topological polar surface area (TPSA) is 111 Å². The Morgan fingerprint density at radius 1 is 0.536 bits per heavy atom. The van der Waals surface area contributed by atoms with Gasteiger partial charge in [-0.05, 0) is 96.0 Å². The molecule has 0 aromatic carbocycles. The molecule has 3 unspecified atom stereocenters. The van der Waals surface area contributed by atoms with Gasteiger partial charge in [-0.2, -0.15) is 0 Å². The van der Waals surface area contributed by atoms with Crippen LogP contribution in [0.5, 0.6) is 0 Å². The summed E-state index contributed by atoms with van der Waals surface area (Å²) in [7, 11) is 1.46. The van der Waals surface area contributed by atoms with Crippen molar-refractivity contribution in [1.82, 2.24) is 5.32 Å². The van der Waals surface area contributed by atoms with Crippen LogP contribution in [0.2, 0.25) is 0 Å². The van der Waals surface area contributed by atoms with E-state index in [0.29, 0.717) is 17.4 Å². The molecular formula is C59H106N2O7P+. The highest BCUT2D eigenvalue weighted by Crippen LogP contribution is 2.43. The van der Waals surface area contributed by atoms with Crippen LogP contribution in [0.4, 0.5) is 0 Å². The molecule has 69 heavy (non-hydrogen) atoms. The molecule has 0 saturated carbocycles. The fourth-order valence-electron chi connectivity index (χ4n) is 7.51. The van der Waals surface area contributed by atoms with Crippen LogP contribution in [0.25, 0.3) is 0 Å². The van der Waals surface area contributed by atoms with Crippen LogP contribution in [-0.4, -0.2) is 74.3 Å². The summed E-state index contributed by atoms with van der Waals surface area (Å²) >= 11 is 0. The fourth-order valence-corrected chi connectivity index (χ4v) is 8.24. The number of allylic oxidation sites excluding steroid dienone is 13. The first kappa shape index (κ1) is 66.2. The molecule has 0 radical (unpaired) electrons. The number of nitrogens with one attached hydrogen (secondary N) is 1. The van der Waals surface area contributed by atoms with Crippen molar-refractivity contribution in [1.29, 1.82) is 0 Å². The summed E-state index contributed by atoms with van der Waals surface area (Å²) < 4.78 is 30.5. The summed E-state index contributed by atoms with van der Waals surface area (Å²) in [6.45, 7) is 6.81. The molecule has 398 valence electrons. The van der Waals surface area contributed by atoms with E-state index in [1.165, 1.54) is 77.0 Å². The highest BCUT2D eigenvalue weighted by molar-refractivity contribution is 7.47. The maximum atomic E-state index is 13.5. The number of likely N-dealkylation sites (N-methyl/N-ethyl adjacent to an activating group) is 1. The molecule has 0 aliphatic heterocycles. The van der Waals surface area contributed by atoms with Crippen LogP contribution in [0.1, 0.15) is 226 Å². The standard InChI is InChI=1S/C59H105N2O7P/c1-7-10-13-16-19-22-25-28-30-32-33-36-39-42-45-48-51-58(62)60-56(55-67-69(64,65)66-54-53-61(4,5)6)57(50-47-44-41-38-35-27-24-21-18-15-12-9-3)68-59(63)52-49-46-43-40-37-34-31-29-26-23-20-17-14-11-8-2/h10,13,19-20,22-23,26,28-30,33,36,47,50,56-57H,7-9,11-12,14-18,21,24-25,27,31-32,34-35,37-46,48-49,51-55H2,1-6H3,(H-,60,62,64,65)/p+1/b13-10+,22-19+,23-20+,29-26+,30-28+,36-33+,50-47+. The molecule has 0 heterocycles. The van der Waals surface area contributed by atoms with E-state index in [0.717, 1.165) is 109 Å². The minimum Gasteiger partial charge on any atom is -0.456 e. The number of esters is 1. The lowest BCUT2D eigenvalue weighted by molar-refractivity contribution is -0.870. The van der Waals surface area contributed by atoms with Gasteiger partial charge in [0.1, 0.15) is 19.3 Å². The first-order valence-electron chi connectivity index (χ1n) is 27.9. The van der Waals surface area contributed by atoms with Crippen LogP contribution in [-0.2, 0) is 27.9 Å². The number of phosphoric ester groups is 1. The summed E-state index contributed by atoms with van der Waals surface area (Å²) in [6.07, 6.45) is 62.9. The molecule has 0 aromatic rings. The summed E-state index contributed by atoms with van der Waals surface area (Å²) in [5.74, 6) is -0.560. The molecule has 0 bridgehead atoms. The zero-order valence-electron chi connectivity index (χ0n) is 45.3. The Balaban J connectivity index is 5.46. The first-order valence-corrected chi connectivity index (χ1v) is 29.4. The maximum Gasteiger partial charge on any atom is 0.472 e. The number of carbonyl (C=O) groups is 2. The molecule has 0 aliphatic rings. The molecule has 10 heteroatoms. The Labute approximate surface area is 425 Å². The van der Waals surface area contributed by atoms with E-state index in [2.05, 4.69) is 99.0 Å². The van der Waals surface area contributed by atoms with Crippen LogP contribution < -0.4 is 5.32 Å². The van der Waals surface area contributed by atoms with Gasteiger partial charge in [-0.15, -0.1) is 0 Å². The van der Waals surface area contributed by atoms with Crippen LogP contribution in [0.15, 0.2) is 85.1 Å². The third-order valence-electron chi connectivity index (χ3n) is 11.8. The molecule has 0 rings (SSSR count). The normalized spacial score (nSPS) is 14.5. The summed E-state index contributed by atoms with van der Waals surface area (Å²) in [4.78, 5) is 37.5. The molecule has 0 spiro atoms. The van der Waals surface area contributed by atoms with Crippen LogP contribution in [0, 0.1) is 0 Å². The average Bonchev–Trinajstić information content (AvgIpc) is 3.31. The molecule has 1 amide bonds. The van der Waals surface area contributed by atoms with Gasteiger partial charge in [-0.25, -0.2) is 4.57 Å². The third kappa shape index (κ3) is 49.9. The van der Waals surface area contributed by atoms with E-state index in [1.807, 2.05) is 33.3 Å². The molecule has 9 nitrogen and oxygen atoms in total. The van der Waals surface area contributed by atoms with E-state index in [9.17, 15) is 19.0 Å². The van der Waals surface area contributed by atoms with Gasteiger partial charge in [0.15, 0.2) is 0 Å². The molecule has 0 saturated heterocycles. The Kier molecular flexibility index (Phi) is 46.8. The van der Waals surface area contributed by atoms with E-state index in [-0.39, 0.29) is 37.9 Å². The van der Waals surface area contributed by atoms with Crippen molar-refractivity contribution < 1.29 is 37.3 Å². The number of hydrogen-bond donors (Lipinski definition) is 2. The molecule has 2 N–H and O–H groups in total. The SMILES string of the molecule is CC/C=C/C/C=C/C/C=C/C/C=C/CCCCCC(=O)NC(COP(=O)(O)OCC[N+](C)(C)C)C(/C=C/CCCCCCCCCCCC)OC(=O)CCCCCCCC/C=C/C=C/CCCCC. The third-order valence-corrected chi connectivity index (χ3v) is 12.8. The second-order valence-electron chi connectivity index (χ2n) is 19.8. The van der Waals surface area contributed by atoms with Crippen molar-refractivity contribution in [2.24, 2.45) is 0 Å². The number of quaternary nitrogens is 1. The highest BCUT2D eigenvalue weighted by Gasteiger charge is 2.30. The van der Waals surface area contributed by atoms with E-state index >= 15 is 0 Å². The average molecular weight is 986 g/mol. The van der Waals surface area contributed by atoms with E-state index in [1.54, 1.807) is 0 Å². The predicted molar refractivity (Wildman–Crippen MR) is 295 cm³/mol. The van der Waals surface area contributed by atoms with Crippen molar-refractivity contribution >= 4 is 19.7 Å². The van der Waals surface area contributed by atoms with Gasteiger partial charge in [0.2, 0.25) is 5.91 Å². The van der Waals surface area contributed by atoms with Crippen molar-refractivity contribution in [3.63, 3.8) is 0 Å². The Bertz CT molecular complexity index is 1460. The lowest BCUT2D eigenvalue weighted by Crippen LogP contribution is -2.47. The molecule has 0 aromatic heterocycles. The molecule has 0 aliphatic carbocycles. The number of nitrogens with zero attached hydrogens (tertiary/aromatic N) is 1. The molecular weight excluding hydrogens is 880 g/mol. The number of carbonyl (C=O) groups excluding carboxylic acids is 2. The summed E-state index contributed by atoms with van der Waals surface area (Å²) in [5, 5.41) is 3.02. The van der Waals surface area contributed by atoms with Gasteiger partial charge < -0.3 is 19.4 Å². The first-order chi connectivity index (χ1) is 33.4.